The Bertz CT molecular complexity index is 103. The largest absolute Gasteiger partial charge is 0.269 e. The summed E-state index contributed by atoms with van der Waals surface area (Å²) in [6.07, 6.45) is 1.53. The van der Waals surface area contributed by atoms with E-state index in [4.69, 9.17) is 5.84 Å². The van der Waals surface area contributed by atoms with E-state index in [1.165, 1.54) is 0 Å². The van der Waals surface area contributed by atoms with Gasteiger partial charge in [-0.15, -0.1) is 0 Å². The van der Waals surface area contributed by atoms with Crippen molar-refractivity contribution in [1.82, 2.24) is 5.01 Å². The first-order valence-electron chi connectivity index (χ1n) is 3.29. The topological polar surface area (TPSA) is 29.3 Å². The molecule has 0 saturated carbocycles. The Morgan fingerprint density at radius 1 is 1.67 bits per heavy atom. The van der Waals surface area contributed by atoms with Crippen molar-refractivity contribution < 1.29 is 4.39 Å². The van der Waals surface area contributed by atoms with Crippen LogP contribution in [0.1, 0.15) is 19.8 Å². The van der Waals surface area contributed by atoms with E-state index < -0.39 is 5.67 Å². The zero-order valence-electron chi connectivity index (χ0n) is 5.73. The van der Waals surface area contributed by atoms with Gasteiger partial charge in [0.05, 0.1) is 0 Å². The highest BCUT2D eigenvalue weighted by Gasteiger charge is 2.28. The van der Waals surface area contributed by atoms with Gasteiger partial charge in [-0.25, -0.2) is 9.40 Å². The Morgan fingerprint density at radius 3 is 2.67 bits per heavy atom. The molecule has 1 unspecified atom stereocenters. The van der Waals surface area contributed by atoms with E-state index in [1.807, 2.05) is 0 Å². The molecule has 0 spiro atoms. The van der Waals surface area contributed by atoms with Gasteiger partial charge in [-0.3, -0.25) is 5.84 Å². The van der Waals surface area contributed by atoms with E-state index in [0.29, 0.717) is 13.0 Å². The fourth-order valence-corrected chi connectivity index (χ4v) is 1.23. The van der Waals surface area contributed by atoms with Crippen LogP contribution >= 0.6 is 0 Å². The number of hydrazine groups is 1. The molecule has 0 aliphatic carbocycles. The summed E-state index contributed by atoms with van der Waals surface area (Å²) in [6, 6.07) is 0. The van der Waals surface area contributed by atoms with E-state index in [0.717, 1.165) is 13.0 Å². The van der Waals surface area contributed by atoms with Crippen LogP contribution in [-0.4, -0.2) is 23.8 Å². The number of hydrogen-bond acceptors (Lipinski definition) is 2. The van der Waals surface area contributed by atoms with Gasteiger partial charge in [0.15, 0.2) is 0 Å². The molecule has 0 aromatic rings. The lowest BCUT2D eigenvalue weighted by atomic mass is 9.98. The Kier molecular flexibility index (Phi) is 1.73. The first-order valence-corrected chi connectivity index (χ1v) is 3.29. The fraction of sp³-hybridized carbons (Fsp3) is 1.00. The number of alkyl halides is 1. The smallest absolute Gasteiger partial charge is 0.122 e. The van der Waals surface area contributed by atoms with Gasteiger partial charge < -0.3 is 0 Å². The zero-order chi connectivity index (χ0) is 6.91. The molecule has 0 amide bonds. The van der Waals surface area contributed by atoms with Gasteiger partial charge >= 0.3 is 0 Å². The lowest BCUT2D eigenvalue weighted by Gasteiger charge is -2.31. The van der Waals surface area contributed by atoms with Gasteiger partial charge in [0, 0.05) is 13.1 Å². The summed E-state index contributed by atoms with van der Waals surface area (Å²) in [4.78, 5) is 0. The SMILES string of the molecule is CC1(F)CCCN(N)C1. The van der Waals surface area contributed by atoms with Crippen LogP contribution in [0.2, 0.25) is 0 Å². The number of piperidine rings is 1. The van der Waals surface area contributed by atoms with E-state index in [-0.39, 0.29) is 0 Å². The van der Waals surface area contributed by atoms with Crippen molar-refractivity contribution in [1.29, 1.82) is 0 Å². The number of rotatable bonds is 0. The number of halogens is 1. The summed E-state index contributed by atoms with van der Waals surface area (Å²) >= 11 is 0. The minimum atomic E-state index is -1.05. The van der Waals surface area contributed by atoms with Crippen molar-refractivity contribution >= 4 is 0 Å². The summed E-state index contributed by atoms with van der Waals surface area (Å²) in [6.45, 7) is 2.82. The molecule has 1 atom stereocenters. The third-order valence-corrected chi connectivity index (χ3v) is 1.68. The van der Waals surface area contributed by atoms with E-state index in [2.05, 4.69) is 0 Å². The fourth-order valence-electron chi connectivity index (χ4n) is 1.23. The number of nitrogens with two attached hydrogens (primary N) is 1. The lowest BCUT2D eigenvalue weighted by molar-refractivity contribution is 0.0608. The Morgan fingerprint density at radius 2 is 2.33 bits per heavy atom. The van der Waals surface area contributed by atoms with Gasteiger partial charge in [-0.1, -0.05) is 0 Å². The third-order valence-electron chi connectivity index (χ3n) is 1.68. The second-order valence-corrected chi connectivity index (χ2v) is 2.99. The van der Waals surface area contributed by atoms with Crippen LogP contribution < -0.4 is 5.84 Å². The first kappa shape index (κ1) is 6.96. The monoisotopic (exact) mass is 132 g/mol. The van der Waals surface area contributed by atoms with E-state index in [9.17, 15) is 4.39 Å². The second kappa shape index (κ2) is 2.23. The third kappa shape index (κ3) is 1.91. The van der Waals surface area contributed by atoms with Crippen LogP contribution in [0.25, 0.3) is 0 Å². The van der Waals surface area contributed by atoms with Gasteiger partial charge in [0.1, 0.15) is 5.67 Å². The van der Waals surface area contributed by atoms with Crippen LogP contribution in [0.3, 0.4) is 0 Å². The average molecular weight is 132 g/mol. The molecule has 0 aromatic carbocycles. The molecule has 9 heavy (non-hydrogen) atoms. The van der Waals surface area contributed by atoms with Crippen molar-refractivity contribution in [2.75, 3.05) is 13.1 Å². The maximum Gasteiger partial charge on any atom is 0.122 e. The van der Waals surface area contributed by atoms with Gasteiger partial charge in [0.25, 0.3) is 0 Å². The average Bonchev–Trinajstić information content (AvgIpc) is 1.60. The van der Waals surface area contributed by atoms with Crippen LogP contribution in [0.5, 0.6) is 0 Å². The molecule has 1 fully saturated rings. The number of hydrogen-bond donors (Lipinski definition) is 1. The molecule has 1 saturated heterocycles. The van der Waals surface area contributed by atoms with Crippen molar-refractivity contribution in [3.63, 3.8) is 0 Å². The van der Waals surface area contributed by atoms with Gasteiger partial charge in [0.2, 0.25) is 0 Å². The predicted octanol–water partition coefficient (Wildman–Crippen LogP) is 0.684. The quantitative estimate of drug-likeness (QED) is 0.491. The summed E-state index contributed by atoms with van der Waals surface area (Å²) in [5, 5.41) is 1.55. The summed E-state index contributed by atoms with van der Waals surface area (Å²) in [5.41, 5.74) is -1.05. The van der Waals surface area contributed by atoms with Crippen molar-refractivity contribution in [2.24, 2.45) is 5.84 Å². The molecule has 2 nitrogen and oxygen atoms in total. The van der Waals surface area contributed by atoms with Crippen LogP contribution in [0.4, 0.5) is 4.39 Å². The Labute approximate surface area is 54.8 Å². The minimum absolute atomic E-state index is 0.382. The normalized spacial score (nSPS) is 39.0. The maximum absolute atomic E-state index is 13.0. The second-order valence-electron chi connectivity index (χ2n) is 2.99. The summed E-state index contributed by atoms with van der Waals surface area (Å²) in [5.74, 6) is 5.40. The molecule has 1 aliphatic rings. The van der Waals surface area contributed by atoms with Crippen molar-refractivity contribution in [3.8, 4) is 0 Å². The standard InChI is InChI=1S/C6H13FN2/c1-6(7)3-2-4-9(8)5-6/h2-5,8H2,1H3. The molecule has 1 heterocycles. The lowest BCUT2D eigenvalue weighted by Crippen LogP contribution is -2.46. The molecule has 1 rings (SSSR count). The molecule has 1 aliphatic heterocycles. The Balaban J connectivity index is 2.41. The molecule has 0 bridgehead atoms. The molecule has 0 aromatic heterocycles. The molecular formula is C6H13FN2. The van der Waals surface area contributed by atoms with E-state index >= 15 is 0 Å². The molecular weight excluding hydrogens is 119 g/mol. The van der Waals surface area contributed by atoms with Crippen molar-refractivity contribution in [3.05, 3.63) is 0 Å². The van der Waals surface area contributed by atoms with Crippen molar-refractivity contribution in [2.45, 2.75) is 25.4 Å². The molecule has 54 valence electrons. The van der Waals surface area contributed by atoms with Gasteiger partial charge in [-0.05, 0) is 19.8 Å². The Hall–Kier alpha value is -0.150. The molecule has 3 heteroatoms. The summed E-state index contributed by atoms with van der Waals surface area (Å²) < 4.78 is 13.0. The highest BCUT2D eigenvalue weighted by molar-refractivity contribution is 4.80. The highest BCUT2D eigenvalue weighted by Crippen LogP contribution is 2.22. The van der Waals surface area contributed by atoms with E-state index in [1.54, 1.807) is 11.9 Å². The number of nitrogens with zero attached hydrogens (tertiary/aromatic N) is 1. The zero-order valence-corrected chi connectivity index (χ0v) is 5.73. The minimum Gasteiger partial charge on any atom is -0.269 e. The van der Waals surface area contributed by atoms with Crippen LogP contribution in [-0.2, 0) is 0 Å². The summed E-state index contributed by atoms with van der Waals surface area (Å²) in [7, 11) is 0. The highest BCUT2D eigenvalue weighted by atomic mass is 19.1. The first-order chi connectivity index (χ1) is 4.10. The molecule has 0 radical (unpaired) electrons. The van der Waals surface area contributed by atoms with Crippen LogP contribution in [0, 0.1) is 0 Å². The molecule has 2 N–H and O–H groups in total. The maximum atomic E-state index is 13.0. The van der Waals surface area contributed by atoms with Gasteiger partial charge in [-0.2, -0.15) is 0 Å². The van der Waals surface area contributed by atoms with Crippen LogP contribution in [0.15, 0.2) is 0 Å². The predicted molar refractivity (Wildman–Crippen MR) is 34.5 cm³/mol.